The minimum absolute atomic E-state index is 0.119. The number of aryl methyl sites for hydroxylation is 1. The maximum atomic E-state index is 14.9. The van der Waals surface area contributed by atoms with Gasteiger partial charge in [0.15, 0.2) is 11.6 Å². The van der Waals surface area contributed by atoms with E-state index in [2.05, 4.69) is 0 Å². The average molecular weight is 566 g/mol. The quantitative estimate of drug-likeness (QED) is 0.222. The van der Waals surface area contributed by atoms with Crippen molar-refractivity contribution >= 4 is 17.5 Å². The Morgan fingerprint density at radius 3 is 2.42 bits per heavy atom. The number of alkyl halides is 1. The van der Waals surface area contributed by atoms with Crippen molar-refractivity contribution in [1.29, 1.82) is 0 Å². The van der Waals surface area contributed by atoms with Crippen molar-refractivity contribution < 1.29 is 13.6 Å². The third kappa shape index (κ3) is 6.92. The molecule has 4 rings (SSSR count). The lowest BCUT2D eigenvalue weighted by atomic mass is 9.99. The van der Waals surface area contributed by atoms with Crippen LogP contribution in [0.4, 0.5) is 8.78 Å². The lowest BCUT2D eigenvalue weighted by Gasteiger charge is -2.34. The number of rotatable bonds is 11. The number of aromatic nitrogens is 3. The van der Waals surface area contributed by atoms with Gasteiger partial charge in [0.05, 0.1) is 18.2 Å². The van der Waals surface area contributed by atoms with Crippen molar-refractivity contribution in [3.63, 3.8) is 0 Å². The van der Waals surface area contributed by atoms with Gasteiger partial charge in [-0.2, -0.15) is 5.10 Å². The van der Waals surface area contributed by atoms with Crippen molar-refractivity contribution in [3.8, 4) is 11.4 Å². The fourth-order valence-electron chi connectivity index (χ4n) is 4.64. The number of amides is 1. The SMILES string of the molecule is Cc1ccc(C(=O)N(CC[C@H](N)CF)[C@@H](c2nc(-c3cc(Cl)ccc3F)nn2Cc2ccccc2)C(C)C)cc1. The molecule has 0 fully saturated rings. The molecule has 0 aliphatic carbocycles. The van der Waals surface area contributed by atoms with Gasteiger partial charge in [-0.1, -0.05) is 73.5 Å². The molecule has 210 valence electrons. The first-order valence-electron chi connectivity index (χ1n) is 13.3. The molecule has 2 atom stereocenters. The molecule has 0 unspecified atom stereocenters. The highest BCUT2D eigenvalue weighted by molar-refractivity contribution is 6.30. The summed E-state index contributed by atoms with van der Waals surface area (Å²) in [5.41, 5.74) is 8.59. The van der Waals surface area contributed by atoms with E-state index in [9.17, 15) is 13.6 Å². The van der Waals surface area contributed by atoms with Crippen LogP contribution in [0.5, 0.6) is 0 Å². The molecule has 0 aliphatic heterocycles. The van der Waals surface area contributed by atoms with E-state index >= 15 is 0 Å². The minimum Gasteiger partial charge on any atom is -0.328 e. The number of nitrogens with zero attached hydrogens (tertiary/aromatic N) is 4. The summed E-state index contributed by atoms with van der Waals surface area (Å²) in [5, 5.41) is 5.06. The van der Waals surface area contributed by atoms with E-state index in [0.29, 0.717) is 23.0 Å². The minimum atomic E-state index is -0.709. The van der Waals surface area contributed by atoms with E-state index in [1.165, 1.54) is 18.2 Å². The zero-order valence-electron chi connectivity index (χ0n) is 22.9. The van der Waals surface area contributed by atoms with Crippen LogP contribution in [-0.4, -0.2) is 44.8 Å². The van der Waals surface area contributed by atoms with Gasteiger partial charge in [-0.15, -0.1) is 0 Å². The summed E-state index contributed by atoms with van der Waals surface area (Å²) in [6.45, 7) is 5.78. The molecule has 0 spiro atoms. The molecule has 4 aromatic rings. The molecule has 1 aromatic heterocycles. The molecular formula is C31H34ClF2N5O. The summed E-state index contributed by atoms with van der Waals surface area (Å²) in [6.07, 6.45) is 0.264. The van der Waals surface area contributed by atoms with Crippen LogP contribution in [0.3, 0.4) is 0 Å². The van der Waals surface area contributed by atoms with Crippen LogP contribution in [0.25, 0.3) is 11.4 Å². The first-order chi connectivity index (χ1) is 19.2. The predicted octanol–water partition coefficient (Wildman–Crippen LogP) is 6.62. The van der Waals surface area contributed by atoms with Gasteiger partial charge in [-0.25, -0.2) is 18.4 Å². The van der Waals surface area contributed by atoms with Crippen LogP contribution in [0.15, 0.2) is 72.8 Å². The summed E-state index contributed by atoms with van der Waals surface area (Å²) in [7, 11) is 0. The monoisotopic (exact) mass is 565 g/mol. The highest BCUT2D eigenvalue weighted by Gasteiger charge is 2.34. The molecule has 0 radical (unpaired) electrons. The molecule has 40 heavy (non-hydrogen) atoms. The number of benzene rings is 3. The Bertz CT molecular complexity index is 1430. The maximum absolute atomic E-state index is 14.9. The second-order valence-electron chi connectivity index (χ2n) is 10.3. The van der Waals surface area contributed by atoms with Crippen molar-refractivity contribution in [3.05, 3.63) is 106 Å². The molecule has 2 N–H and O–H groups in total. The Hall–Kier alpha value is -3.62. The lowest BCUT2D eigenvalue weighted by molar-refractivity contribution is 0.0594. The first kappa shape index (κ1) is 29.4. The van der Waals surface area contributed by atoms with Crippen LogP contribution in [-0.2, 0) is 6.54 Å². The van der Waals surface area contributed by atoms with Gasteiger partial charge >= 0.3 is 0 Å². The Labute approximate surface area is 238 Å². The molecule has 1 amide bonds. The van der Waals surface area contributed by atoms with Crippen LogP contribution < -0.4 is 5.73 Å². The zero-order valence-corrected chi connectivity index (χ0v) is 23.7. The number of carbonyl (C=O) groups excluding carboxylic acids is 1. The van der Waals surface area contributed by atoms with Gasteiger partial charge in [0.2, 0.25) is 0 Å². The Balaban J connectivity index is 1.85. The molecule has 3 aromatic carbocycles. The van der Waals surface area contributed by atoms with Crippen molar-refractivity contribution in [2.75, 3.05) is 13.2 Å². The Kier molecular flexibility index (Phi) is 9.66. The molecule has 6 nitrogen and oxygen atoms in total. The first-order valence-corrected chi connectivity index (χ1v) is 13.7. The number of hydrogen-bond acceptors (Lipinski definition) is 4. The highest BCUT2D eigenvalue weighted by Crippen LogP contribution is 2.33. The smallest absolute Gasteiger partial charge is 0.254 e. The molecule has 1 heterocycles. The molecule has 0 bridgehead atoms. The van der Waals surface area contributed by atoms with Gasteiger partial charge < -0.3 is 10.6 Å². The van der Waals surface area contributed by atoms with Gasteiger partial charge in [0, 0.05) is 23.2 Å². The van der Waals surface area contributed by atoms with E-state index in [1.54, 1.807) is 21.7 Å². The van der Waals surface area contributed by atoms with Gasteiger partial charge in [-0.3, -0.25) is 4.79 Å². The van der Waals surface area contributed by atoms with E-state index in [0.717, 1.165) is 11.1 Å². The van der Waals surface area contributed by atoms with E-state index in [1.807, 2.05) is 63.2 Å². The highest BCUT2D eigenvalue weighted by atomic mass is 35.5. The van der Waals surface area contributed by atoms with Crippen molar-refractivity contribution in [1.82, 2.24) is 19.7 Å². The van der Waals surface area contributed by atoms with Crippen molar-refractivity contribution in [2.45, 2.75) is 45.8 Å². The van der Waals surface area contributed by atoms with Gasteiger partial charge in [-0.05, 0) is 55.2 Å². The molecule has 0 saturated carbocycles. The zero-order chi connectivity index (χ0) is 28.8. The fraction of sp³-hybridized carbons (Fsp3) is 0.323. The average Bonchev–Trinajstić information content (AvgIpc) is 3.34. The number of hydrogen-bond donors (Lipinski definition) is 1. The third-order valence-electron chi connectivity index (χ3n) is 6.77. The summed E-state index contributed by atoms with van der Waals surface area (Å²) in [6, 6.07) is 20.0. The predicted molar refractivity (Wildman–Crippen MR) is 154 cm³/mol. The van der Waals surface area contributed by atoms with E-state index in [4.69, 9.17) is 27.4 Å². The van der Waals surface area contributed by atoms with Crippen LogP contribution in [0.1, 0.15) is 53.6 Å². The molecule has 0 aliphatic rings. The van der Waals surface area contributed by atoms with E-state index in [-0.39, 0.29) is 36.2 Å². The fourth-order valence-corrected chi connectivity index (χ4v) is 4.81. The van der Waals surface area contributed by atoms with Crippen molar-refractivity contribution in [2.24, 2.45) is 11.7 Å². The normalized spacial score (nSPS) is 12.9. The summed E-state index contributed by atoms with van der Waals surface area (Å²) in [5.74, 6) is -0.195. The number of carbonyl (C=O) groups is 1. The summed E-state index contributed by atoms with van der Waals surface area (Å²) in [4.78, 5) is 20.5. The van der Waals surface area contributed by atoms with Gasteiger partial charge in [0.1, 0.15) is 12.5 Å². The second-order valence-corrected chi connectivity index (χ2v) is 10.8. The summed E-state index contributed by atoms with van der Waals surface area (Å²) >= 11 is 6.19. The third-order valence-corrected chi connectivity index (χ3v) is 7.01. The Morgan fingerprint density at radius 2 is 1.77 bits per heavy atom. The van der Waals surface area contributed by atoms with Crippen LogP contribution in [0.2, 0.25) is 5.02 Å². The topological polar surface area (TPSA) is 77.0 Å². The second kappa shape index (κ2) is 13.2. The maximum Gasteiger partial charge on any atom is 0.254 e. The number of halogens is 3. The largest absolute Gasteiger partial charge is 0.328 e. The van der Waals surface area contributed by atoms with Crippen LogP contribution in [0, 0.1) is 18.7 Å². The molecule has 0 saturated heterocycles. The van der Waals surface area contributed by atoms with Gasteiger partial charge in [0.25, 0.3) is 5.91 Å². The number of nitrogens with two attached hydrogens (primary N) is 1. The molecule has 9 heteroatoms. The summed E-state index contributed by atoms with van der Waals surface area (Å²) < 4.78 is 30.0. The molecular weight excluding hydrogens is 532 g/mol. The Morgan fingerprint density at radius 1 is 1.07 bits per heavy atom. The standard InChI is InChI=1S/C31H34ClF2N5O/c1-20(2)28(38(16-15-25(35)18-33)31(40)23-11-9-21(3)10-12-23)30-36-29(26-17-24(32)13-14-27(26)34)37-39(30)19-22-7-5-4-6-8-22/h4-14,17,20,25,28H,15-16,18-19,35H2,1-3H3/t25-,28+/m0/s1. The van der Waals surface area contributed by atoms with E-state index < -0.39 is 24.6 Å². The lowest BCUT2D eigenvalue weighted by Crippen LogP contribution is -2.41. The van der Waals surface area contributed by atoms with Crippen LogP contribution >= 0.6 is 11.6 Å².